The van der Waals surface area contributed by atoms with Gasteiger partial charge in [0.15, 0.2) is 0 Å². The van der Waals surface area contributed by atoms with Crippen molar-refractivity contribution in [3.05, 3.63) is 88.9 Å². The van der Waals surface area contributed by atoms with Gasteiger partial charge in [0.05, 0.1) is 22.8 Å². The van der Waals surface area contributed by atoms with Crippen LogP contribution in [0.3, 0.4) is 0 Å². The lowest BCUT2D eigenvalue weighted by Crippen LogP contribution is -2.30. The number of ether oxygens (including phenoxy) is 1. The lowest BCUT2D eigenvalue weighted by Gasteiger charge is -2.25. The standard InChI is InChI=1S/C26H19F6N5O4S/c1-14-11-20(35-36(14)2)23(38)15-3-9-19-21(12-15)37(13-16-4-10-22(25(27,28)29)34-24(16)33-19)42(39,40)18-7-5-17(6-8-18)41-26(30,31)32/h3-12H,13H2,1-2H3,(H,33,34). The minimum absolute atomic E-state index is 0.00919. The third-order valence-corrected chi connectivity index (χ3v) is 8.13. The average molecular weight is 612 g/mol. The zero-order valence-corrected chi connectivity index (χ0v) is 22.4. The predicted octanol–water partition coefficient (Wildman–Crippen LogP) is 5.72. The van der Waals surface area contributed by atoms with Crippen LogP contribution in [0.5, 0.6) is 5.75 Å². The largest absolute Gasteiger partial charge is 0.573 e. The highest BCUT2D eigenvalue weighted by atomic mass is 32.2. The van der Waals surface area contributed by atoms with E-state index in [2.05, 4.69) is 20.1 Å². The van der Waals surface area contributed by atoms with Crippen molar-refractivity contribution in [2.75, 3.05) is 9.62 Å². The molecule has 0 bridgehead atoms. The first-order valence-electron chi connectivity index (χ1n) is 11.9. The number of benzene rings is 2. The molecule has 0 amide bonds. The first kappa shape index (κ1) is 28.9. The maximum absolute atomic E-state index is 13.9. The second kappa shape index (κ2) is 10.0. The van der Waals surface area contributed by atoms with E-state index in [1.807, 2.05) is 0 Å². The molecule has 2 aromatic heterocycles. The lowest BCUT2D eigenvalue weighted by molar-refractivity contribution is -0.274. The summed E-state index contributed by atoms with van der Waals surface area (Å²) >= 11 is 0. The Labute approximate surface area is 234 Å². The van der Waals surface area contributed by atoms with Crippen LogP contribution in [-0.4, -0.2) is 35.3 Å². The molecule has 0 saturated heterocycles. The Kier molecular flexibility index (Phi) is 6.91. The fourth-order valence-electron chi connectivity index (χ4n) is 4.21. The van der Waals surface area contributed by atoms with Crippen molar-refractivity contribution in [2.45, 2.75) is 30.9 Å². The van der Waals surface area contributed by atoms with Crippen molar-refractivity contribution in [2.24, 2.45) is 7.05 Å². The van der Waals surface area contributed by atoms with Gasteiger partial charge in [-0.25, -0.2) is 13.4 Å². The molecule has 0 unspecified atom stereocenters. The van der Waals surface area contributed by atoms with E-state index >= 15 is 0 Å². The number of aryl methyl sites for hydroxylation is 2. The third kappa shape index (κ3) is 5.61. The van der Waals surface area contributed by atoms with Gasteiger partial charge in [-0.3, -0.25) is 13.8 Å². The number of carbonyl (C=O) groups excluding carboxylic acids is 1. The number of aromatic nitrogens is 3. The van der Waals surface area contributed by atoms with E-state index in [1.165, 1.54) is 28.9 Å². The minimum Gasteiger partial charge on any atom is -0.406 e. The van der Waals surface area contributed by atoms with Gasteiger partial charge >= 0.3 is 12.5 Å². The quantitative estimate of drug-likeness (QED) is 0.227. The molecule has 3 heterocycles. The topological polar surface area (TPSA) is 106 Å². The summed E-state index contributed by atoms with van der Waals surface area (Å²) < 4.78 is 112. The molecule has 0 saturated carbocycles. The molecule has 0 atom stereocenters. The van der Waals surface area contributed by atoms with Crippen LogP contribution in [-0.2, 0) is 29.8 Å². The zero-order chi connectivity index (χ0) is 30.6. The molecular weight excluding hydrogens is 592 g/mol. The predicted molar refractivity (Wildman–Crippen MR) is 137 cm³/mol. The number of rotatable bonds is 5. The Morgan fingerprint density at radius 2 is 1.67 bits per heavy atom. The van der Waals surface area contributed by atoms with Crippen LogP contribution in [0, 0.1) is 6.92 Å². The minimum atomic E-state index is -5.00. The first-order valence-corrected chi connectivity index (χ1v) is 13.4. The molecule has 5 rings (SSSR count). The summed E-state index contributed by atoms with van der Waals surface area (Å²) in [5, 5.41) is 6.87. The van der Waals surface area contributed by atoms with E-state index in [1.54, 1.807) is 14.0 Å². The molecule has 2 aromatic carbocycles. The summed E-state index contributed by atoms with van der Waals surface area (Å²) in [5.74, 6) is -1.48. The van der Waals surface area contributed by atoms with Crippen LogP contribution < -0.4 is 14.4 Å². The Bertz CT molecular complexity index is 1780. The summed E-state index contributed by atoms with van der Waals surface area (Å²) in [6.07, 6.45) is -9.79. The van der Waals surface area contributed by atoms with Crippen molar-refractivity contribution in [1.82, 2.24) is 14.8 Å². The Morgan fingerprint density at radius 3 is 2.26 bits per heavy atom. The highest BCUT2D eigenvalue weighted by Gasteiger charge is 2.36. The molecule has 16 heteroatoms. The fraction of sp³-hybridized carbons (Fsp3) is 0.192. The van der Waals surface area contributed by atoms with Crippen LogP contribution >= 0.6 is 0 Å². The van der Waals surface area contributed by atoms with Crippen LogP contribution in [0.25, 0.3) is 0 Å². The number of halogens is 6. The van der Waals surface area contributed by atoms with E-state index in [0.29, 0.717) is 11.8 Å². The SMILES string of the molecule is Cc1cc(C(=O)c2ccc3c(c2)N(S(=O)(=O)c2ccc(OC(F)(F)F)cc2)Cc2ccc(C(F)(F)F)nc2N3)nn1C. The maximum Gasteiger partial charge on any atom is 0.573 e. The van der Waals surface area contributed by atoms with E-state index in [4.69, 9.17) is 0 Å². The maximum atomic E-state index is 13.9. The van der Waals surface area contributed by atoms with Gasteiger partial charge in [0.2, 0.25) is 5.78 Å². The van der Waals surface area contributed by atoms with Gasteiger partial charge in [-0.2, -0.15) is 18.3 Å². The normalized spacial score (nSPS) is 13.6. The molecule has 0 aliphatic carbocycles. The van der Waals surface area contributed by atoms with Crippen molar-refractivity contribution < 1.29 is 44.3 Å². The van der Waals surface area contributed by atoms with Gasteiger partial charge in [0.25, 0.3) is 10.0 Å². The number of alkyl halides is 6. The number of pyridine rings is 1. The highest BCUT2D eigenvalue weighted by Crippen LogP contribution is 2.40. The van der Waals surface area contributed by atoms with Crippen LogP contribution in [0.1, 0.15) is 33.0 Å². The lowest BCUT2D eigenvalue weighted by atomic mass is 10.1. The number of carbonyl (C=O) groups is 1. The van der Waals surface area contributed by atoms with E-state index in [0.717, 1.165) is 34.6 Å². The Morgan fingerprint density at radius 1 is 0.976 bits per heavy atom. The van der Waals surface area contributed by atoms with Gasteiger partial charge in [0, 0.05) is 23.9 Å². The molecule has 4 aromatic rings. The van der Waals surface area contributed by atoms with Crippen LogP contribution in [0.15, 0.2) is 65.6 Å². The Balaban J connectivity index is 1.63. The zero-order valence-electron chi connectivity index (χ0n) is 21.6. The number of hydrogen-bond donors (Lipinski definition) is 1. The number of anilines is 3. The van der Waals surface area contributed by atoms with E-state index in [9.17, 15) is 39.6 Å². The molecule has 220 valence electrons. The number of ketones is 1. The second-order valence-electron chi connectivity index (χ2n) is 9.21. The summed E-state index contributed by atoms with van der Waals surface area (Å²) in [6.45, 7) is 1.20. The van der Waals surface area contributed by atoms with Crippen molar-refractivity contribution in [1.29, 1.82) is 0 Å². The van der Waals surface area contributed by atoms with Crippen LogP contribution in [0.4, 0.5) is 43.5 Å². The summed E-state index contributed by atoms with van der Waals surface area (Å²) in [6, 6.07) is 10.6. The van der Waals surface area contributed by atoms with E-state index < -0.39 is 51.2 Å². The van der Waals surface area contributed by atoms with Crippen molar-refractivity contribution in [3.63, 3.8) is 0 Å². The molecule has 0 radical (unpaired) electrons. The molecule has 1 N–H and O–H groups in total. The van der Waals surface area contributed by atoms with Gasteiger partial charge in [0.1, 0.15) is 23.0 Å². The molecule has 1 aliphatic rings. The number of nitrogens with zero attached hydrogens (tertiary/aromatic N) is 4. The molecular formula is C26H19F6N5O4S. The van der Waals surface area contributed by atoms with E-state index in [-0.39, 0.29) is 34.0 Å². The molecule has 42 heavy (non-hydrogen) atoms. The average Bonchev–Trinajstić information content (AvgIpc) is 3.14. The number of sulfonamides is 1. The molecule has 1 aliphatic heterocycles. The number of hydrogen-bond acceptors (Lipinski definition) is 7. The summed E-state index contributed by atoms with van der Waals surface area (Å²) in [5.41, 5.74) is -0.481. The molecule has 9 nitrogen and oxygen atoms in total. The number of fused-ring (bicyclic) bond motifs is 2. The van der Waals surface area contributed by atoms with Crippen LogP contribution in [0.2, 0.25) is 0 Å². The van der Waals surface area contributed by atoms with Gasteiger partial charge < -0.3 is 10.1 Å². The molecule has 0 spiro atoms. The fourth-order valence-corrected chi connectivity index (χ4v) is 5.66. The van der Waals surface area contributed by atoms with Crippen molar-refractivity contribution >= 4 is 33.0 Å². The molecule has 0 fully saturated rings. The van der Waals surface area contributed by atoms with Crippen molar-refractivity contribution in [3.8, 4) is 5.75 Å². The second-order valence-corrected chi connectivity index (χ2v) is 11.1. The summed E-state index contributed by atoms with van der Waals surface area (Å²) in [7, 11) is -2.94. The highest BCUT2D eigenvalue weighted by molar-refractivity contribution is 7.92. The number of nitrogens with one attached hydrogen (secondary N) is 1. The smallest absolute Gasteiger partial charge is 0.406 e. The van der Waals surface area contributed by atoms with Gasteiger partial charge in [-0.15, -0.1) is 13.2 Å². The van der Waals surface area contributed by atoms with Gasteiger partial charge in [-0.1, -0.05) is 6.07 Å². The Hall–Kier alpha value is -4.60. The third-order valence-electron chi connectivity index (χ3n) is 6.36. The monoisotopic (exact) mass is 611 g/mol. The first-order chi connectivity index (χ1) is 19.5. The summed E-state index contributed by atoms with van der Waals surface area (Å²) in [4.78, 5) is 16.4. The van der Waals surface area contributed by atoms with Gasteiger partial charge in [-0.05, 0) is 61.5 Å².